The Labute approximate surface area is 81.3 Å². The highest BCUT2D eigenvalue weighted by atomic mass is 32.2. The minimum Gasteiger partial charge on any atom is -0.492 e. The monoisotopic (exact) mass is 194 g/mol. The van der Waals surface area contributed by atoms with Crippen LogP contribution in [0.1, 0.15) is 16.8 Å². The standard InChI is InChI=1S/C10H10O2S/c1-13-7-2-3-10-8(6-7)9(11)4-5-12-10/h2-3,6H,4-5H2,1H3. The molecule has 3 heteroatoms. The molecule has 68 valence electrons. The average Bonchev–Trinajstić information content (AvgIpc) is 2.18. The first-order chi connectivity index (χ1) is 6.31. The van der Waals surface area contributed by atoms with Crippen LogP contribution in [0.2, 0.25) is 0 Å². The lowest BCUT2D eigenvalue weighted by Crippen LogP contribution is -2.15. The topological polar surface area (TPSA) is 26.3 Å². The van der Waals surface area contributed by atoms with Gasteiger partial charge in [0.25, 0.3) is 0 Å². The summed E-state index contributed by atoms with van der Waals surface area (Å²) in [5, 5.41) is 0. The highest BCUT2D eigenvalue weighted by Gasteiger charge is 2.18. The van der Waals surface area contributed by atoms with Crippen LogP contribution >= 0.6 is 11.8 Å². The van der Waals surface area contributed by atoms with Gasteiger partial charge in [-0.1, -0.05) is 0 Å². The summed E-state index contributed by atoms with van der Waals surface area (Å²) in [6, 6.07) is 5.75. The molecule has 1 aromatic carbocycles. The Morgan fingerprint density at radius 2 is 2.31 bits per heavy atom. The zero-order chi connectivity index (χ0) is 9.26. The van der Waals surface area contributed by atoms with Gasteiger partial charge in [0.2, 0.25) is 0 Å². The molecule has 0 saturated carbocycles. The minimum atomic E-state index is 0.192. The van der Waals surface area contributed by atoms with E-state index in [9.17, 15) is 4.79 Å². The maximum absolute atomic E-state index is 11.5. The van der Waals surface area contributed by atoms with Gasteiger partial charge in [-0.15, -0.1) is 11.8 Å². The predicted octanol–water partition coefficient (Wildman–Crippen LogP) is 2.37. The molecule has 0 aliphatic carbocycles. The van der Waals surface area contributed by atoms with Crippen molar-refractivity contribution in [3.05, 3.63) is 23.8 Å². The molecule has 0 spiro atoms. The number of rotatable bonds is 1. The molecule has 1 aliphatic rings. The first-order valence-corrected chi connectivity index (χ1v) is 5.38. The van der Waals surface area contributed by atoms with Gasteiger partial charge in [0.05, 0.1) is 12.2 Å². The molecule has 0 unspecified atom stereocenters. The molecule has 0 N–H and O–H groups in total. The first kappa shape index (κ1) is 8.63. The molecule has 0 amide bonds. The van der Waals surface area contributed by atoms with E-state index in [0.717, 1.165) is 16.2 Å². The third kappa shape index (κ3) is 1.56. The highest BCUT2D eigenvalue weighted by Crippen LogP contribution is 2.28. The lowest BCUT2D eigenvalue weighted by molar-refractivity contribution is 0.0933. The van der Waals surface area contributed by atoms with Gasteiger partial charge in [-0.05, 0) is 24.5 Å². The fraction of sp³-hybridized carbons (Fsp3) is 0.300. The molecule has 0 aromatic heterocycles. The van der Waals surface area contributed by atoms with E-state index >= 15 is 0 Å². The molecule has 0 bridgehead atoms. The fourth-order valence-corrected chi connectivity index (χ4v) is 1.81. The summed E-state index contributed by atoms with van der Waals surface area (Å²) in [5.41, 5.74) is 0.734. The summed E-state index contributed by atoms with van der Waals surface area (Å²) in [7, 11) is 0. The van der Waals surface area contributed by atoms with Crippen LogP contribution in [0.4, 0.5) is 0 Å². The Balaban J connectivity index is 2.47. The van der Waals surface area contributed by atoms with Gasteiger partial charge in [0, 0.05) is 11.3 Å². The molecule has 1 aliphatic heterocycles. The van der Waals surface area contributed by atoms with Gasteiger partial charge in [-0.2, -0.15) is 0 Å². The van der Waals surface area contributed by atoms with Gasteiger partial charge >= 0.3 is 0 Å². The second kappa shape index (κ2) is 3.42. The third-order valence-electron chi connectivity index (χ3n) is 2.07. The molecular weight excluding hydrogens is 184 g/mol. The van der Waals surface area contributed by atoms with Crippen LogP contribution < -0.4 is 4.74 Å². The van der Waals surface area contributed by atoms with E-state index in [1.54, 1.807) is 11.8 Å². The van der Waals surface area contributed by atoms with Gasteiger partial charge in [-0.25, -0.2) is 0 Å². The molecule has 0 fully saturated rings. The SMILES string of the molecule is CSc1ccc2c(c1)C(=O)CCO2. The van der Waals surface area contributed by atoms with Crippen LogP contribution in [-0.2, 0) is 0 Å². The number of carbonyl (C=O) groups excluding carboxylic acids is 1. The minimum absolute atomic E-state index is 0.192. The number of fused-ring (bicyclic) bond motifs is 1. The molecule has 1 heterocycles. The summed E-state index contributed by atoms with van der Waals surface area (Å²) < 4.78 is 5.36. The van der Waals surface area contributed by atoms with Gasteiger partial charge < -0.3 is 4.74 Å². The smallest absolute Gasteiger partial charge is 0.170 e. The largest absolute Gasteiger partial charge is 0.492 e. The van der Waals surface area contributed by atoms with Crippen molar-refractivity contribution in [2.75, 3.05) is 12.9 Å². The van der Waals surface area contributed by atoms with E-state index in [1.165, 1.54) is 0 Å². The Hall–Kier alpha value is -0.960. The van der Waals surface area contributed by atoms with E-state index in [-0.39, 0.29) is 5.78 Å². The summed E-state index contributed by atoms with van der Waals surface area (Å²) in [4.78, 5) is 12.6. The summed E-state index contributed by atoms with van der Waals surface area (Å²) in [5.74, 6) is 0.922. The molecular formula is C10H10O2S. The van der Waals surface area contributed by atoms with Crippen molar-refractivity contribution in [1.29, 1.82) is 0 Å². The van der Waals surface area contributed by atoms with Crippen molar-refractivity contribution < 1.29 is 9.53 Å². The van der Waals surface area contributed by atoms with Crippen molar-refractivity contribution in [1.82, 2.24) is 0 Å². The molecule has 13 heavy (non-hydrogen) atoms. The van der Waals surface area contributed by atoms with Crippen molar-refractivity contribution >= 4 is 17.5 Å². The van der Waals surface area contributed by atoms with E-state index in [4.69, 9.17) is 4.74 Å². The number of thioether (sulfide) groups is 1. The van der Waals surface area contributed by atoms with Crippen LogP contribution in [0, 0.1) is 0 Å². The van der Waals surface area contributed by atoms with Crippen molar-refractivity contribution in [2.45, 2.75) is 11.3 Å². The lowest BCUT2D eigenvalue weighted by atomic mass is 10.1. The quantitative estimate of drug-likeness (QED) is 0.642. The number of ether oxygens (including phenoxy) is 1. The summed E-state index contributed by atoms with van der Waals surface area (Å²) in [6.07, 6.45) is 2.50. The van der Waals surface area contributed by atoms with Crippen LogP contribution in [0.25, 0.3) is 0 Å². The molecule has 1 aromatic rings. The molecule has 0 radical (unpaired) electrons. The summed E-state index contributed by atoms with van der Waals surface area (Å²) in [6.45, 7) is 0.518. The number of hydrogen-bond donors (Lipinski definition) is 0. The van der Waals surface area contributed by atoms with E-state index in [0.29, 0.717) is 13.0 Å². The van der Waals surface area contributed by atoms with Gasteiger partial charge in [0.15, 0.2) is 5.78 Å². The van der Waals surface area contributed by atoms with Crippen LogP contribution in [0.5, 0.6) is 5.75 Å². The van der Waals surface area contributed by atoms with E-state index in [1.807, 2.05) is 24.5 Å². The van der Waals surface area contributed by atoms with E-state index in [2.05, 4.69) is 0 Å². The van der Waals surface area contributed by atoms with Crippen LogP contribution in [0.3, 0.4) is 0 Å². The number of benzene rings is 1. The molecule has 0 atom stereocenters. The van der Waals surface area contributed by atoms with Gasteiger partial charge in [0.1, 0.15) is 5.75 Å². The normalized spacial score (nSPS) is 15.0. The molecule has 2 nitrogen and oxygen atoms in total. The maximum atomic E-state index is 11.5. The lowest BCUT2D eigenvalue weighted by Gasteiger charge is -2.16. The Morgan fingerprint density at radius 1 is 1.46 bits per heavy atom. The van der Waals surface area contributed by atoms with Crippen molar-refractivity contribution in [2.24, 2.45) is 0 Å². The Kier molecular flexibility index (Phi) is 2.27. The van der Waals surface area contributed by atoms with Crippen LogP contribution in [-0.4, -0.2) is 18.6 Å². The Morgan fingerprint density at radius 3 is 3.08 bits per heavy atom. The fourth-order valence-electron chi connectivity index (χ4n) is 1.37. The van der Waals surface area contributed by atoms with Crippen molar-refractivity contribution in [3.8, 4) is 5.75 Å². The number of Topliss-reactive ketones (excluding diaryl/α,β-unsaturated/α-hetero) is 1. The maximum Gasteiger partial charge on any atom is 0.170 e. The van der Waals surface area contributed by atoms with Crippen molar-refractivity contribution in [3.63, 3.8) is 0 Å². The second-order valence-corrected chi connectivity index (χ2v) is 3.76. The van der Waals surface area contributed by atoms with E-state index < -0.39 is 0 Å². The molecule has 2 rings (SSSR count). The first-order valence-electron chi connectivity index (χ1n) is 4.15. The average molecular weight is 194 g/mol. The highest BCUT2D eigenvalue weighted by molar-refractivity contribution is 7.98. The Bertz CT molecular complexity index is 347. The number of carbonyl (C=O) groups is 1. The zero-order valence-corrected chi connectivity index (χ0v) is 8.19. The second-order valence-electron chi connectivity index (χ2n) is 2.88. The zero-order valence-electron chi connectivity index (χ0n) is 7.37. The third-order valence-corrected chi connectivity index (χ3v) is 2.80. The van der Waals surface area contributed by atoms with Gasteiger partial charge in [-0.3, -0.25) is 4.79 Å². The molecule has 0 saturated heterocycles. The summed E-state index contributed by atoms with van der Waals surface area (Å²) >= 11 is 1.64. The van der Waals surface area contributed by atoms with Crippen LogP contribution in [0.15, 0.2) is 23.1 Å². The number of ketones is 1. The number of hydrogen-bond acceptors (Lipinski definition) is 3. The predicted molar refractivity (Wildman–Crippen MR) is 52.7 cm³/mol.